The standard InChI is InChI=1S/C8H14N2O.3C2H6/c1-7-9-5-8(10-7)3-2-4-11-6-8;3*1-2/h2-6H2,1H3,(H,9,10);3*1-2H3. The number of hydrogen-bond donors (Lipinski definition) is 1. The molecule has 2 aliphatic heterocycles. The van der Waals surface area contributed by atoms with Gasteiger partial charge in [-0.05, 0) is 19.8 Å². The highest BCUT2D eigenvalue weighted by molar-refractivity contribution is 5.82. The van der Waals surface area contributed by atoms with Crippen molar-refractivity contribution in [2.75, 3.05) is 19.8 Å². The zero-order chi connectivity index (χ0) is 13.7. The van der Waals surface area contributed by atoms with Gasteiger partial charge >= 0.3 is 0 Å². The Morgan fingerprint density at radius 3 is 2.06 bits per heavy atom. The fourth-order valence-corrected chi connectivity index (χ4v) is 1.81. The first-order valence-corrected chi connectivity index (χ1v) is 7.18. The van der Waals surface area contributed by atoms with E-state index in [1.165, 1.54) is 6.42 Å². The topological polar surface area (TPSA) is 33.6 Å². The summed E-state index contributed by atoms with van der Waals surface area (Å²) in [6.07, 6.45) is 2.36. The first-order valence-electron chi connectivity index (χ1n) is 7.18. The van der Waals surface area contributed by atoms with Gasteiger partial charge in [0.2, 0.25) is 0 Å². The molecule has 3 heteroatoms. The molecule has 1 fully saturated rings. The predicted octanol–water partition coefficient (Wildman–Crippen LogP) is 3.64. The van der Waals surface area contributed by atoms with Crippen molar-refractivity contribution in [3.8, 4) is 0 Å². The van der Waals surface area contributed by atoms with Gasteiger partial charge in [-0.15, -0.1) is 0 Å². The van der Waals surface area contributed by atoms with Crippen molar-refractivity contribution < 1.29 is 4.74 Å². The molecule has 0 saturated carbocycles. The third-order valence-corrected chi connectivity index (χ3v) is 2.39. The SMILES string of the molecule is CC.CC.CC.CC1=NCC2(CCCOC2)N1. The maximum atomic E-state index is 5.42. The molecule has 3 nitrogen and oxygen atoms in total. The summed E-state index contributed by atoms with van der Waals surface area (Å²) in [5.41, 5.74) is 0.169. The Morgan fingerprint density at radius 2 is 1.71 bits per heavy atom. The quantitative estimate of drug-likeness (QED) is 0.706. The van der Waals surface area contributed by atoms with E-state index in [1.807, 2.05) is 48.5 Å². The average Bonchev–Trinajstić information content (AvgIpc) is 2.78. The molecule has 1 saturated heterocycles. The van der Waals surface area contributed by atoms with Gasteiger partial charge in [0.05, 0.1) is 24.5 Å². The van der Waals surface area contributed by atoms with Crippen molar-refractivity contribution in [3.05, 3.63) is 0 Å². The molecule has 0 aliphatic carbocycles. The smallest absolute Gasteiger partial charge is 0.0938 e. The lowest BCUT2D eigenvalue weighted by molar-refractivity contribution is 0.0367. The highest BCUT2D eigenvalue weighted by atomic mass is 16.5. The lowest BCUT2D eigenvalue weighted by Gasteiger charge is -2.33. The predicted molar refractivity (Wildman–Crippen MR) is 77.9 cm³/mol. The van der Waals surface area contributed by atoms with Crippen LogP contribution in [0.2, 0.25) is 0 Å². The summed E-state index contributed by atoms with van der Waals surface area (Å²) in [5, 5.41) is 3.39. The minimum absolute atomic E-state index is 0.169. The molecule has 2 heterocycles. The van der Waals surface area contributed by atoms with Crippen LogP contribution in [0.15, 0.2) is 4.99 Å². The second kappa shape index (κ2) is 11.9. The second-order valence-corrected chi connectivity index (χ2v) is 3.46. The van der Waals surface area contributed by atoms with Crippen LogP contribution in [0, 0.1) is 0 Å². The van der Waals surface area contributed by atoms with Crippen molar-refractivity contribution in [1.82, 2.24) is 5.32 Å². The van der Waals surface area contributed by atoms with Crippen molar-refractivity contribution in [2.45, 2.75) is 66.8 Å². The van der Waals surface area contributed by atoms with Gasteiger partial charge in [0.15, 0.2) is 0 Å². The number of hydrogen-bond acceptors (Lipinski definition) is 3. The summed E-state index contributed by atoms with van der Waals surface area (Å²) in [6, 6.07) is 0. The normalized spacial score (nSPS) is 25.0. The van der Waals surface area contributed by atoms with Crippen LogP contribution < -0.4 is 5.32 Å². The Kier molecular flexibility index (Phi) is 13.2. The average molecular weight is 244 g/mol. The minimum Gasteiger partial charge on any atom is -0.379 e. The number of ether oxygens (including phenoxy) is 1. The first-order chi connectivity index (χ1) is 8.31. The lowest BCUT2D eigenvalue weighted by atomic mass is 9.93. The fraction of sp³-hybridized carbons (Fsp3) is 0.929. The van der Waals surface area contributed by atoms with Crippen LogP contribution in [0.25, 0.3) is 0 Å². The van der Waals surface area contributed by atoms with Crippen LogP contribution in [0.3, 0.4) is 0 Å². The summed E-state index contributed by atoms with van der Waals surface area (Å²) in [6.45, 7) is 16.7. The van der Waals surface area contributed by atoms with Crippen LogP contribution in [0.5, 0.6) is 0 Å². The van der Waals surface area contributed by atoms with Gasteiger partial charge < -0.3 is 10.1 Å². The van der Waals surface area contributed by atoms with E-state index in [0.717, 1.165) is 32.0 Å². The number of nitrogens with one attached hydrogen (secondary N) is 1. The molecule has 1 spiro atoms. The van der Waals surface area contributed by atoms with E-state index >= 15 is 0 Å². The van der Waals surface area contributed by atoms with Crippen molar-refractivity contribution in [3.63, 3.8) is 0 Å². The third-order valence-electron chi connectivity index (χ3n) is 2.39. The molecule has 0 bridgehead atoms. The molecule has 0 aromatic carbocycles. The molecule has 17 heavy (non-hydrogen) atoms. The van der Waals surface area contributed by atoms with Gasteiger partial charge in [-0.25, -0.2) is 0 Å². The Hall–Kier alpha value is -0.570. The van der Waals surface area contributed by atoms with Crippen molar-refractivity contribution >= 4 is 5.84 Å². The molecular weight excluding hydrogens is 212 g/mol. The maximum absolute atomic E-state index is 5.42. The molecule has 2 aliphatic rings. The first kappa shape index (κ1) is 18.8. The van der Waals surface area contributed by atoms with Gasteiger partial charge in [-0.1, -0.05) is 41.5 Å². The number of rotatable bonds is 0. The molecule has 1 atom stereocenters. The lowest BCUT2D eigenvalue weighted by Crippen LogP contribution is -2.51. The molecule has 0 amide bonds. The van der Waals surface area contributed by atoms with Crippen LogP contribution in [0.1, 0.15) is 61.3 Å². The van der Waals surface area contributed by atoms with Gasteiger partial charge in [-0.3, -0.25) is 4.99 Å². The Bertz CT molecular complexity index is 185. The molecule has 1 N–H and O–H groups in total. The van der Waals surface area contributed by atoms with Gasteiger partial charge in [-0.2, -0.15) is 0 Å². The van der Waals surface area contributed by atoms with E-state index in [0.29, 0.717) is 0 Å². The van der Waals surface area contributed by atoms with E-state index in [9.17, 15) is 0 Å². The zero-order valence-electron chi connectivity index (χ0n) is 12.9. The fourth-order valence-electron chi connectivity index (χ4n) is 1.81. The van der Waals surface area contributed by atoms with Crippen LogP contribution in [-0.4, -0.2) is 31.1 Å². The summed E-state index contributed by atoms with van der Waals surface area (Å²) in [5.74, 6) is 1.07. The monoisotopic (exact) mass is 244 g/mol. The summed E-state index contributed by atoms with van der Waals surface area (Å²) < 4.78 is 5.42. The molecular formula is C14H32N2O. The molecule has 0 aromatic rings. The summed E-state index contributed by atoms with van der Waals surface area (Å²) in [4.78, 5) is 4.34. The highest BCUT2D eigenvalue weighted by Crippen LogP contribution is 2.22. The number of aliphatic imine (C=N–C) groups is 1. The number of nitrogens with zero attached hydrogens (tertiary/aromatic N) is 1. The van der Waals surface area contributed by atoms with Crippen molar-refractivity contribution in [2.24, 2.45) is 4.99 Å². The van der Waals surface area contributed by atoms with Gasteiger partial charge in [0.25, 0.3) is 0 Å². The van der Waals surface area contributed by atoms with Crippen molar-refractivity contribution in [1.29, 1.82) is 0 Å². The molecule has 0 aromatic heterocycles. The molecule has 1 unspecified atom stereocenters. The molecule has 2 rings (SSSR count). The van der Waals surface area contributed by atoms with E-state index in [2.05, 4.69) is 10.3 Å². The van der Waals surface area contributed by atoms with Crippen LogP contribution >= 0.6 is 0 Å². The highest BCUT2D eigenvalue weighted by Gasteiger charge is 2.35. The van der Waals surface area contributed by atoms with Crippen LogP contribution in [0.4, 0.5) is 0 Å². The van der Waals surface area contributed by atoms with Gasteiger partial charge in [0.1, 0.15) is 0 Å². The number of amidine groups is 1. The molecule has 0 radical (unpaired) electrons. The van der Waals surface area contributed by atoms with E-state index in [4.69, 9.17) is 4.74 Å². The maximum Gasteiger partial charge on any atom is 0.0938 e. The second-order valence-electron chi connectivity index (χ2n) is 3.46. The zero-order valence-corrected chi connectivity index (χ0v) is 12.9. The Balaban J connectivity index is 0. The largest absolute Gasteiger partial charge is 0.379 e. The Labute approximate surface area is 108 Å². The van der Waals surface area contributed by atoms with E-state index in [-0.39, 0.29) is 5.54 Å². The van der Waals surface area contributed by atoms with Gasteiger partial charge in [0, 0.05) is 6.61 Å². The molecule has 104 valence electrons. The third kappa shape index (κ3) is 6.67. The summed E-state index contributed by atoms with van der Waals surface area (Å²) in [7, 11) is 0. The minimum atomic E-state index is 0.169. The van der Waals surface area contributed by atoms with Crippen LogP contribution in [-0.2, 0) is 4.74 Å². The van der Waals surface area contributed by atoms with E-state index in [1.54, 1.807) is 0 Å². The summed E-state index contributed by atoms with van der Waals surface area (Å²) >= 11 is 0. The Morgan fingerprint density at radius 1 is 1.12 bits per heavy atom. The van der Waals surface area contributed by atoms with E-state index < -0.39 is 0 Å².